The maximum absolute atomic E-state index is 12.5. The summed E-state index contributed by atoms with van der Waals surface area (Å²) in [6, 6.07) is 15.3. The van der Waals surface area contributed by atoms with E-state index in [1.165, 1.54) is 0 Å². The van der Waals surface area contributed by atoms with E-state index in [4.69, 9.17) is 9.47 Å². The molecule has 0 spiro atoms. The van der Waals surface area contributed by atoms with Crippen molar-refractivity contribution in [2.45, 2.75) is 26.0 Å². The van der Waals surface area contributed by atoms with Crippen molar-refractivity contribution in [2.75, 3.05) is 13.7 Å². The third-order valence-corrected chi connectivity index (χ3v) is 5.86. The molecule has 1 aliphatic carbocycles. The largest absolute Gasteiger partial charge is 0.493 e. The van der Waals surface area contributed by atoms with Gasteiger partial charge in [-0.25, -0.2) is 0 Å². The molecular weight excluding hydrogens is 408 g/mol. The Bertz CT molecular complexity index is 1010. The van der Waals surface area contributed by atoms with E-state index in [0.717, 1.165) is 16.0 Å². The molecule has 0 bridgehead atoms. The first-order valence-electron chi connectivity index (χ1n) is 10.7. The summed E-state index contributed by atoms with van der Waals surface area (Å²) in [6.07, 6.45) is 4.98. The number of fused-ring (bicyclic) bond motifs is 1. The van der Waals surface area contributed by atoms with E-state index >= 15 is 0 Å². The Balaban J connectivity index is 1.32. The molecule has 0 aromatic heterocycles. The molecule has 1 N–H and O–H groups in total. The van der Waals surface area contributed by atoms with Crippen LogP contribution in [0, 0.1) is 11.8 Å². The molecule has 0 saturated carbocycles. The zero-order valence-corrected chi connectivity index (χ0v) is 18.0. The fourth-order valence-corrected chi connectivity index (χ4v) is 4.10. The Labute approximate surface area is 187 Å². The van der Waals surface area contributed by atoms with Crippen molar-refractivity contribution < 1.29 is 23.9 Å². The van der Waals surface area contributed by atoms with Gasteiger partial charge in [-0.15, -0.1) is 0 Å². The number of imide groups is 1. The molecule has 2 unspecified atom stereocenters. The van der Waals surface area contributed by atoms with Crippen molar-refractivity contribution in [3.8, 4) is 11.5 Å². The SMILES string of the molecule is COc1cc(CNC(=O)CN2C(=O)C3CC=CCC3C2=O)ccc1OCc1ccccc1. The Morgan fingerprint density at radius 1 is 0.969 bits per heavy atom. The predicted octanol–water partition coefficient (Wildman–Crippen LogP) is 2.84. The van der Waals surface area contributed by atoms with Crippen LogP contribution < -0.4 is 14.8 Å². The highest BCUT2D eigenvalue weighted by Gasteiger charge is 2.47. The van der Waals surface area contributed by atoms with Gasteiger partial charge in [-0.05, 0) is 36.1 Å². The fourth-order valence-electron chi connectivity index (χ4n) is 4.10. The van der Waals surface area contributed by atoms with Crippen LogP contribution in [0.15, 0.2) is 60.7 Å². The number of nitrogens with one attached hydrogen (secondary N) is 1. The number of likely N-dealkylation sites (tertiary alicyclic amines) is 1. The van der Waals surface area contributed by atoms with Crippen LogP contribution in [-0.2, 0) is 27.5 Å². The summed E-state index contributed by atoms with van der Waals surface area (Å²) in [5.41, 5.74) is 1.87. The van der Waals surface area contributed by atoms with Crippen molar-refractivity contribution in [3.63, 3.8) is 0 Å². The van der Waals surface area contributed by atoms with Crippen LogP contribution in [0.5, 0.6) is 11.5 Å². The number of amides is 3. The lowest BCUT2D eigenvalue weighted by atomic mass is 9.85. The number of benzene rings is 2. The smallest absolute Gasteiger partial charge is 0.240 e. The van der Waals surface area contributed by atoms with E-state index < -0.39 is 0 Å². The number of methoxy groups -OCH3 is 1. The van der Waals surface area contributed by atoms with Crippen molar-refractivity contribution in [1.82, 2.24) is 10.2 Å². The lowest BCUT2D eigenvalue weighted by molar-refractivity contribution is -0.143. The molecule has 0 radical (unpaired) electrons. The Kier molecular flexibility index (Phi) is 6.54. The minimum Gasteiger partial charge on any atom is -0.493 e. The minimum absolute atomic E-state index is 0.249. The third kappa shape index (κ3) is 4.66. The van der Waals surface area contributed by atoms with E-state index in [2.05, 4.69) is 5.32 Å². The van der Waals surface area contributed by atoms with E-state index in [-0.39, 0.29) is 42.6 Å². The third-order valence-electron chi connectivity index (χ3n) is 5.86. The second-order valence-corrected chi connectivity index (χ2v) is 7.95. The van der Waals surface area contributed by atoms with E-state index in [0.29, 0.717) is 30.9 Å². The minimum atomic E-state index is -0.373. The summed E-state index contributed by atoms with van der Waals surface area (Å²) < 4.78 is 11.3. The summed E-state index contributed by atoms with van der Waals surface area (Å²) in [4.78, 5) is 38.5. The molecule has 7 nitrogen and oxygen atoms in total. The molecular formula is C25H26N2O5. The van der Waals surface area contributed by atoms with Gasteiger partial charge in [0.05, 0.1) is 18.9 Å². The molecule has 1 heterocycles. The van der Waals surface area contributed by atoms with Gasteiger partial charge in [0.25, 0.3) is 0 Å². The van der Waals surface area contributed by atoms with Gasteiger partial charge in [0, 0.05) is 6.54 Å². The number of hydrogen-bond acceptors (Lipinski definition) is 5. The molecule has 1 fully saturated rings. The van der Waals surface area contributed by atoms with Crippen molar-refractivity contribution in [3.05, 3.63) is 71.8 Å². The van der Waals surface area contributed by atoms with Crippen LogP contribution in [0.1, 0.15) is 24.0 Å². The Morgan fingerprint density at radius 2 is 1.66 bits per heavy atom. The predicted molar refractivity (Wildman–Crippen MR) is 118 cm³/mol. The standard InChI is InChI=1S/C25H26N2O5/c1-31-22-13-18(11-12-21(22)32-16-17-7-3-2-4-8-17)14-26-23(28)15-27-24(29)19-9-5-6-10-20(19)25(27)30/h2-8,11-13,19-20H,9-10,14-16H2,1H3,(H,26,28). The topological polar surface area (TPSA) is 84.9 Å². The molecule has 7 heteroatoms. The van der Waals surface area contributed by atoms with Gasteiger partial charge in [-0.3, -0.25) is 19.3 Å². The quantitative estimate of drug-likeness (QED) is 0.510. The summed E-state index contributed by atoms with van der Waals surface area (Å²) in [5, 5.41) is 2.78. The maximum atomic E-state index is 12.5. The molecule has 4 rings (SSSR count). The van der Waals surface area contributed by atoms with Gasteiger partial charge < -0.3 is 14.8 Å². The van der Waals surface area contributed by atoms with Crippen molar-refractivity contribution >= 4 is 17.7 Å². The molecule has 2 aromatic carbocycles. The first kappa shape index (κ1) is 21.6. The first-order chi connectivity index (χ1) is 15.6. The molecule has 1 saturated heterocycles. The lowest BCUT2D eigenvalue weighted by Gasteiger charge is -2.15. The average molecular weight is 434 g/mol. The summed E-state index contributed by atoms with van der Waals surface area (Å²) in [5.74, 6) is -0.352. The lowest BCUT2D eigenvalue weighted by Crippen LogP contribution is -2.40. The second kappa shape index (κ2) is 9.68. The molecule has 32 heavy (non-hydrogen) atoms. The normalized spacial score (nSPS) is 19.6. The molecule has 166 valence electrons. The van der Waals surface area contributed by atoms with Gasteiger partial charge in [0.2, 0.25) is 17.7 Å². The summed E-state index contributed by atoms with van der Waals surface area (Å²) in [7, 11) is 1.56. The first-order valence-corrected chi connectivity index (χ1v) is 10.7. The molecule has 1 aliphatic heterocycles. The number of allylic oxidation sites excluding steroid dienone is 2. The Morgan fingerprint density at radius 3 is 2.31 bits per heavy atom. The van der Waals surface area contributed by atoms with Crippen LogP contribution in [0.4, 0.5) is 0 Å². The fraction of sp³-hybridized carbons (Fsp3) is 0.320. The maximum Gasteiger partial charge on any atom is 0.240 e. The van der Waals surface area contributed by atoms with Crippen molar-refractivity contribution in [2.24, 2.45) is 11.8 Å². The van der Waals surface area contributed by atoms with Crippen LogP contribution in [0.25, 0.3) is 0 Å². The van der Waals surface area contributed by atoms with Gasteiger partial charge in [0.15, 0.2) is 11.5 Å². The molecule has 2 aliphatic rings. The number of nitrogens with zero attached hydrogens (tertiary/aromatic N) is 1. The van der Waals surface area contributed by atoms with Crippen LogP contribution >= 0.6 is 0 Å². The summed E-state index contributed by atoms with van der Waals surface area (Å²) >= 11 is 0. The van der Waals surface area contributed by atoms with Crippen LogP contribution in [-0.4, -0.2) is 36.3 Å². The molecule has 2 aromatic rings. The van der Waals surface area contributed by atoms with E-state index in [1.54, 1.807) is 19.2 Å². The number of hydrogen-bond donors (Lipinski definition) is 1. The van der Waals surface area contributed by atoms with Crippen molar-refractivity contribution in [1.29, 1.82) is 0 Å². The number of carbonyl (C=O) groups is 3. The number of carbonyl (C=O) groups excluding carboxylic acids is 3. The molecule has 2 atom stereocenters. The van der Waals surface area contributed by atoms with Crippen LogP contribution in [0.2, 0.25) is 0 Å². The van der Waals surface area contributed by atoms with Crippen LogP contribution in [0.3, 0.4) is 0 Å². The highest BCUT2D eigenvalue weighted by molar-refractivity contribution is 6.07. The highest BCUT2D eigenvalue weighted by atomic mass is 16.5. The zero-order chi connectivity index (χ0) is 22.5. The van der Waals surface area contributed by atoms with Gasteiger partial charge in [-0.2, -0.15) is 0 Å². The number of ether oxygens (including phenoxy) is 2. The van der Waals surface area contributed by atoms with Gasteiger partial charge in [0.1, 0.15) is 13.2 Å². The second-order valence-electron chi connectivity index (χ2n) is 7.95. The summed E-state index contributed by atoms with van der Waals surface area (Å²) in [6.45, 7) is 0.418. The monoisotopic (exact) mass is 434 g/mol. The number of rotatable bonds is 8. The highest BCUT2D eigenvalue weighted by Crippen LogP contribution is 2.34. The van der Waals surface area contributed by atoms with E-state index in [1.807, 2.05) is 48.6 Å². The van der Waals surface area contributed by atoms with Gasteiger partial charge in [-0.1, -0.05) is 48.6 Å². The Hall–Kier alpha value is -3.61. The average Bonchev–Trinajstić information content (AvgIpc) is 3.07. The zero-order valence-electron chi connectivity index (χ0n) is 18.0. The molecule has 3 amide bonds. The van der Waals surface area contributed by atoms with E-state index in [9.17, 15) is 14.4 Å². The van der Waals surface area contributed by atoms with Gasteiger partial charge >= 0.3 is 0 Å².